The minimum Gasteiger partial charge on any atom is -0.480 e. The van der Waals surface area contributed by atoms with Gasteiger partial charge in [0.25, 0.3) is 0 Å². The average molecular weight is 264 g/mol. The topological polar surface area (TPSA) is 101 Å². The van der Waals surface area contributed by atoms with Gasteiger partial charge in [-0.1, -0.05) is 0 Å². The van der Waals surface area contributed by atoms with Crippen LogP contribution in [0.1, 0.15) is 19.8 Å². The molecule has 2 unspecified atom stereocenters. The van der Waals surface area contributed by atoms with Gasteiger partial charge < -0.3 is 15.7 Å². The molecule has 0 saturated carbocycles. The van der Waals surface area contributed by atoms with Crippen molar-refractivity contribution in [1.82, 2.24) is 4.90 Å². The van der Waals surface area contributed by atoms with Crippen molar-refractivity contribution in [2.45, 2.75) is 31.3 Å². The number of nitrogens with zero attached hydrogens (tertiary/aromatic N) is 1. The smallest absolute Gasteiger partial charge is 0.323 e. The summed E-state index contributed by atoms with van der Waals surface area (Å²) in [5.74, 6) is -0.650. The molecule has 17 heavy (non-hydrogen) atoms. The van der Waals surface area contributed by atoms with Crippen LogP contribution in [0.2, 0.25) is 0 Å². The Morgan fingerprint density at radius 2 is 2.18 bits per heavy atom. The van der Waals surface area contributed by atoms with Crippen LogP contribution in [0, 0.1) is 0 Å². The Labute approximate surface area is 102 Å². The van der Waals surface area contributed by atoms with Gasteiger partial charge in [0, 0.05) is 12.6 Å². The van der Waals surface area contributed by atoms with Crippen molar-refractivity contribution in [2.75, 3.05) is 25.1 Å². The zero-order chi connectivity index (χ0) is 13.3. The van der Waals surface area contributed by atoms with E-state index in [0.29, 0.717) is 19.4 Å². The molecular weight excluding hydrogens is 244 g/mol. The molecule has 0 aromatic heterocycles. The van der Waals surface area contributed by atoms with Crippen molar-refractivity contribution in [3.63, 3.8) is 0 Å². The van der Waals surface area contributed by atoms with Crippen LogP contribution in [0.25, 0.3) is 0 Å². The lowest BCUT2D eigenvalue weighted by atomic mass is 9.99. The Morgan fingerprint density at radius 1 is 1.59 bits per heavy atom. The van der Waals surface area contributed by atoms with Crippen molar-refractivity contribution >= 4 is 15.8 Å². The zero-order valence-corrected chi connectivity index (χ0v) is 11.0. The van der Waals surface area contributed by atoms with Gasteiger partial charge in [0.05, 0.1) is 11.5 Å². The van der Waals surface area contributed by atoms with Gasteiger partial charge in [0.1, 0.15) is 5.54 Å². The lowest BCUT2D eigenvalue weighted by Gasteiger charge is -2.27. The van der Waals surface area contributed by atoms with Gasteiger partial charge in [-0.05, 0) is 26.8 Å². The maximum absolute atomic E-state index is 11.3. The molecule has 100 valence electrons. The normalized spacial score (nSPS) is 26.9. The quantitative estimate of drug-likeness (QED) is 0.681. The molecule has 0 bridgehead atoms. The fraction of sp³-hybridized carbons (Fsp3) is 0.900. The lowest BCUT2D eigenvalue weighted by molar-refractivity contribution is -0.143. The van der Waals surface area contributed by atoms with Gasteiger partial charge in [0.15, 0.2) is 9.84 Å². The molecule has 0 radical (unpaired) electrons. The van der Waals surface area contributed by atoms with E-state index in [2.05, 4.69) is 0 Å². The molecule has 1 rings (SSSR count). The van der Waals surface area contributed by atoms with Crippen LogP contribution < -0.4 is 5.73 Å². The fourth-order valence-electron chi connectivity index (χ4n) is 1.82. The van der Waals surface area contributed by atoms with E-state index < -0.39 is 21.3 Å². The third kappa shape index (κ3) is 3.93. The molecular formula is C10H20N2O4S. The Balaban J connectivity index is 2.46. The Bertz CT molecular complexity index is 391. The highest BCUT2D eigenvalue weighted by molar-refractivity contribution is 7.91. The first-order valence-corrected chi connectivity index (χ1v) is 7.39. The van der Waals surface area contributed by atoms with E-state index in [1.54, 1.807) is 0 Å². The fourth-order valence-corrected chi connectivity index (χ4v) is 3.63. The number of hydrogen-bond donors (Lipinski definition) is 2. The average Bonchev–Trinajstić information content (AvgIpc) is 2.55. The number of carboxylic acid groups (broad SMARTS) is 1. The first-order valence-electron chi connectivity index (χ1n) is 5.57. The summed E-state index contributed by atoms with van der Waals surface area (Å²) in [6.45, 7) is 1.95. The standard InChI is InChI=1S/C10H20N2O4S/c1-10(11,9(13)14)4-5-12(2)8-3-6-17(15,16)7-8/h8H,3-7,11H2,1-2H3,(H,13,14). The molecule has 0 aromatic rings. The number of rotatable bonds is 5. The molecule has 1 heterocycles. The van der Waals surface area contributed by atoms with Crippen molar-refractivity contribution in [2.24, 2.45) is 5.73 Å². The largest absolute Gasteiger partial charge is 0.480 e. The minimum absolute atomic E-state index is 0.00963. The molecule has 1 aliphatic rings. The summed E-state index contributed by atoms with van der Waals surface area (Å²) in [5.41, 5.74) is 4.36. The van der Waals surface area contributed by atoms with Crippen LogP contribution in [-0.4, -0.2) is 61.1 Å². The summed E-state index contributed by atoms with van der Waals surface area (Å²) in [6.07, 6.45) is 0.919. The molecule has 1 saturated heterocycles. The summed E-state index contributed by atoms with van der Waals surface area (Å²) >= 11 is 0. The highest BCUT2D eigenvalue weighted by atomic mass is 32.2. The zero-order valence-electron chi connectivity index (χ0n) is 10.2. The summed E-state index contributed by atoms with van der Waals surface area (Å²) < 4.78 is 22.6. The molecule has 3 N–H and O–H groups in total. The number of carboxylic acids is 1. The highest BCUT2D eigenvalue weighted by Gasteiger charge is 2.33. The van der Waals surface area contributed by atoms with Crippen molar-refractivity contribution in [3.8, 4) is 0 Å². The summed E-state index contributed by atoms with van der Waals surface area (Å²) in [6, 6.07) is -0.00963. The van der Waals surface area contributed by atoms with E-state index in [9.17, 15) is 13.2 Å². The Kier molecular flexibility index (Phi) is 4.16. The number of nitrogens with two attached hydrogens (primary N) is 1. The van der Waals surface area contributed by atoms with E-state index in [1.165, 1.54) is 6.92 Å². The number of carbonyl (C=O) groups is 1. The second kappa shape index (κ2) is 4.91. The van der Waals surface area contributed by atoms with E-state index in [1.807, 2.05) is 11.9 Å². The van der Waals surface area contributed by atoms with Gasteiger partial charge in [-0.2, -0.15) is 0 Å². The molecule has 0 aliphatic carbocycles. The molecule has 6 nitrogen and oxygen atoms in total. The van der Waals surface area contributed by atoms with Crippen molar-refractivity contribution in [1.29, 1.82) is 0 Å². The Hall–Kier alpha value is -0.660. The van der Waals surface area contributed by atoms with Crippen molar-refractivity contribution < 1.29 is 18.3 Å². The van der Waals surface area contributed by atoms with Gasteiger partial charge in [-0.3, -0.25) is 4.79 Å². The minimum atomic E-state index is -2.90. The van der Waals surface area contributed by atoms with Crippen LogP contribution in [-0.2, 0) is 14.6 Å². The van der Waals surface area contributed by atoms with Crippen LogP contribution >= 0.6 is 0 Å². The van der Waals surface area contributed by atoms with Gasteiger partial charge >= 0.3 is 5.97 Å². The number of aliphatic carboxylic acids is 1. The first-order chi connectivity index (χ1) is 7.64. The summed E-state index contributed by atoms with van der Waals surface area (Å²) in [5, 5.41) is 8.86. The summed E-state index contributed by atoms with van der Waals surface area (Å²) in [7, 11) is -1.09. The third-order valence-corrected chi connectivity index (χ3v) is 5.05. The van der Waals surface area contributed by atoms with E-state index >= 15 is 0 Å². The second-order valence-electron chi connectivity index (χ2n) is 5.01. The monoisotopic (exact) mass is 264 g/mol. The van der Waals surface area contributed by atoms with Crippen LogP contribution in [0.4, 0.5) is 0 Å². The van der Waals surface area contributed by atoms with Gasteiger partial charge in [-0.25, -0.2) is 8.42 Å². The molecule has 1 aliphatic heterocycles. The highest BCUT2D eigenvalue weighted by Crippen LogP contribution is 2.17. The lowest BCUT2D eigenvalue weighted by Crippen LogP contribution is -2.48. The molecule has 2 atom stereocenters. The predicted molar refractivity (Wildman–Crippen MR) is 64.5 cm³/mol. The van der Waals surface area contributed by atoms with Crippen LogP contribution in [0.3, 0.4) is 0 Å². The van der Waals surface area contributed by atoms with Crippen LogP contribution in [0.5, 0.6) is 0 Å². The first kappa shape index (κ1) is 14.4. The maximum Gasteiger partial charge on any atom is 0.323 e. The van der Waals surface area contributed by atoms with Crippen LogP contribution in [0.15, 0.2) is 0 Å². The molecule has 1 fully saturated rings. The number of hydrogen-bond acceptors (Lipinski definition) is 5. The van der Waals surface area contributed by atoms with E-state index in [0.717, 1.165) is 0 Å². The van der Waals surface area contributed by atoms with E-state index in [4.69, 9.17) is 10.8 Å². The molecule has 7 heteroatoms. The molecule has 0 aromatic carbocycles. The predicted octanol–water partition coefficient (Wildman–Crippen LogP) is -0.703. The molecule has 0 spiro atoms. The summed E-state index contributed by atoms with van der Waals surface area (Å²) in [4.78, 5) is 12.7. The van der Waals surface area contributed by atoms with Gasteiger partial charge in [0.2, 0.25) is 0 Å². The van der Waals surface area contributed by atoms with E-state index in [-0.39, 0.29) is 17.5 Å². The number of sulfone groups is 1. The third-order valence-electron chi connectivity index (χ3n) is 3.30. The second-order valence-corrected chi connectivity index (χ2v) is 7.24. The maximum atomic E-state index is 11.3. The van der Waals surface area contributed by atoms with Gasteiger partial charge in [-0.15, -0.1) is 0 Å². The van der Waals surface area contributed by atoms with Crippen molar-refractivity contribution in [3.05, 3.63) is 0 Å². The SMILES string of the molecule is CN(CCC(C)(N)C(=O)O)C1CCS(=O)(=O)C1. The Morgan fingerprint density at radius 3 is 2.59 bits per heavy atom. The molecule has 0 amide bonds.